The fraction of sp³-hybridized carbons (Fsp3) is 0.886. The third-order valence-corrected chi connectivity index (χ3v) is 15.9. The molecule has 0 fully saturated rings. The number of unbranched alkanes of at least 4 members (excludes halogenated alkanes) is 47. The number of amides is 1. The predicted octanol–water partition coefficient (Wildman–Crippen LogP) is 21.9. The Hall–Kier alpha value is -1.92. The molecule has 0 aliphatic carbocycles. The van der Waals surface area contributed by atoms with E-state index in [1.54, 1.807) is 0 Å². The van der Waals surface area contributed by atoms with E-state index in [2.05, 4.69) is 55.6 Å². The van der Waals surface area contributed by atoms with Gasteiger partial charge in [-0.2, -0.15) is 0 Å². The summed E-state index contributed by atoms with van der Waals surface area (Å²) in [6.45, 7) is 4.90. The summed E-state index contributed by atoms with van der Waals surface area (Å²) < 4.78 is 5.47. The second kappa shape index (κ2) is 65.6. The van der Waals surface area contributed by atoms with Gasteiger partial charge in [-0.3, -0.25) is 9.59 Å². The number of carbonyl (C=O) groups excluding carboxylic acids is 2. The number of aliphatic hydroxyl groups is 2. The van der Waals surface area contributed by atoms with Crippen molar-refractivity contribution in [2.45, 2.75) is 386 Å². The average molecular weight is 1070 g/mol. The maximum Gasteiger partial charge on any atom is 0.305 e. The van der Waals surface area contributed by atoms with E-state index in [4.69, 9.17) is 4.74 Å². The van der Waals surface area contributed by atoms with Crippen molar-refractivity contribution in [2.75, 3.05) is 13.2 Å². The lowest BCUT2D eigenvalue weighted by atomic mass is 10.0. The molecule has 0 aliphatic rings. The summed E-state index contributed by atoms with van der Waals surface area (Å²) in [7, 11) is 0. The maximum atomic E-state index is 12.5. The van der Waals surface area contributed by atoms with Gasteiger partial charge in [0.25, 0.3) is 0 Å². The van der Waals surface area contributed by atoms with E-state index < -0.39 is 12.1 Å². The van der Waals surface area contributed by atoms with Crippen LogP contribution in [-0.2, 0) is 14.3 Å². The zero-order valence-corrected chi connectivity index (χ0v) is 51.3. The average Bonchev–Trinajstić information content (AvgIpc) is 3.42. The third kappa shape index (κ3) is 61.3. The molecule has 0 saturated carbocycles. The van der Waals surface area contributed by atoms with Crippen molar-refractivity contribution < 1.29 is 24.5 Å². The van der Waals surface area contributed by atoms with Gasteiger partial charge in [0.1, 0.15) is 0 Å². The van der Waals surface area contributed by atoms with Crippen molar-refractivity contribution in [3.05, 3.63) is 36.5 Å². The van der Waals surface area contributed by atoms with E-state index >= 15 is 0 Å². The SMILES string of the molecule is CCC/C=C\C/C=C\CCCCCCCC(=O)OCCCCCCCCCCCCCC/C=C\CCCCCCCCCCCCCCCCCCCC(=O)NC(CO)C(O)CCCCCCCCCCCCCCC. The van der Waals surface area contributed by atoms with Gasteiger partial charge in [-0.05, 0) is 77.0 Å². The van der Waals surface area contributed by atoms with Crippen LogP contribution in [0.4, 0.5) is 0 Å². The molecule has 0 radical (unpaired) electrons. The molecule has 0 spiro atoms. The highest BCUT2D eigenvalue weighted by atomic mass is 16.5. The molecule has 0 aliphatic heterocycles. The number of esters is 1. The first-order chi connectivity index (χ1) is 37.5. The molecule has 0 heterocycles. The summed E-state index contributed by atoms with van der Waals surface area (Å²) in [5, 5.41) is 23.3. The quantitative estimate of drug-likeness (QED) is 0.0320. The van der Waals surface area contributed by atoms with Gasteiger partial charge in [0.15, 0.2) is 0 Å². The van der Waals surface area contributed by atoms with E-state index in [9.17, 15) is 19.8 Å². The summed E-state index contributed by atoms with van der Waals surface area (Å²) in [5.74, 6) is -0.0270. The van der Waals surface area contributed by atoms with Crippen molar-refractivity contribution in [3.63, 3.8) is 0 Å². The number of rotatable bonds is 64. The molecular weight excluding hydrogens is 935 g/mol. The lowest BCUT2D eigenvalue weighted by Crippen LogP contribution is -2.45. The van der Waals surface area contributed by atoms with Crippen LogP contribution in [0, 0.1) is 0 Å². The van der Waals surface area contributed by atoms with E-state index in [1.807, 2.05) is 0 Å². The van der Waals surface area contributed by atoms with Gasteiger partial charge in [0, 0.05) is 12.8 Å². The summed E-state index contributed by atoms with van der Waals surface area (Å²) in [6, 6.07) is -0.538. The van der Waals surface area contributed by atoms with Crippen molar-refractivity contribution >= 4 is 11.9 Å². The normalized spacial score (nSPS) is 12.7. The number of nitrogens with one attached hydrogen (secondary N) is 1. The monoisotopic (exact) mass is 1070 g/mol. The van der Waals surface area contributed by atoms with E-state index in [0.29, 0.717) is 25.9 Å². The van der Waals surface area contributed by atoms with E-state index in [0.717, 1.165) is 51.4 Å². The lowest BCUT2D eigenvalue weighted by Gasteiger charge is -2.22. The van der Waals surface area contributed by atoms with Gasteiger partial charge < -0.3 is 20.3 Å². The van der Waals surface area contributed by atoms with Crippen molar-refractivity contribution in [2.24, 2.45) is 0 Å². The van der Waals surface area contributed by atoms with Crippen molar-refractivity contribution in [1.82, 2.24) is 5.32 Å². The summed E-state index contributed by atoms with van der Waals surface area (Å²) >= 11 is 0. The van der Waals surface area contributed by atoms with Crippen LogP contribution in [-0.4, -0.2) is 47.4 Å². The van der Waals surface area contributed by atoms with Gasteiger partial charge in [-0.15, -0.1) is 0 Å². The highest BCUT2D eigenvalue weighted by molar-refractivity contribution is 5.76. The van der Waals surface area contributed by atoms with Crippen LogP contribution >= 0.6 is 0 Å². The Labute approximate surface area is 474 Å². The summed E-state index contributed by atoms with van der Waals surface area (Å²) in [6.07, 6.45) is 83.4. The van der Waals surface area contributed by atoms with Crippen LogP contribution in [0.25, 0.3) is 0 Å². The Morgan fingerprint density at radius 1 is 0.368 bits per heavy atom. The highest BCUT2D eigenvalue weighted by Crippen LogP contribution is 2.18. The van der Waals surface area contributed by atoms with Gasteiger partial charge >= 0.3 is 5.97 Å². The topological polar surface area (TPSA) is 95.9 Å². The van der Waals surface area contributed by atoms with Crippen LogP contribution in [0.3, 0.4) is 0 Å². The molecule has 6 heteroatoms. The Bertz CT molecular complexity index is 1230. The zero-order valence-electron chi connectivity index (χ0n) is 51.3. The second-order valence-electron chi connectivity index (χ2n) is 23.5. The third-order valence-electron chi connectivity index (χ3n) is 15.9. The molecule has 0 aromatic rings. The molecule has 0 aromatic heterocycles. The minimum Gasteiger partial charge on any atom is -0.466 e. The number of hydrogen-bond acceptors (Lipinski definition) is 5. The minimum absolute atomic E-state index is 0.00338. The standard InChI is InChI=1S/C70H133NO5/c1-3-5-7-9-11-13-15-38-42-46-50-54-58-62-68(73)67(66-72)71-69(74)63-59-55-51-47-43-40-36-34-32-30-28-26-24-22-20-18-17-19-21-23-25-27-29-31-33-35-37-41-45-49-53-57-61-65-76-70(75)64-60-56-52-48-44-39-16-14-12-10-8-6-4-2/h8,10,14,16,21,23,67-68,72-73H,3-7,9,11-13,15,17-20,22,24-66H2,1-2H3,(H,71,74)/b10-8-,16-14-,23-21-. The number of allylic oxidation sites excluding steroid dienone is 6. The fourth-order valence-corrected chi connectivity index (χ4v) is 10.7. The van der Waals surface area contributed by atoms with Crippen molar-refractivity contribution in [3.8, 4) is 0 Å². The van der Waals surface area contributed by atoms with Gasteiger partial charge in [0.2, 0.25) is 5.91 Å². The molecule has 0 saturated heterocycles. The Balaban J connectivity index is 3.34. The van der Waals surface area contributed by atoms with E-state index in [1.165, 1.54) is 289 Å². The Kier molecular flexibility index (Phi) is 63.9. The van der Waals surface area contributed by atoms with Crippen LogP contribution in [0.5, 0.6) is 0 Å². The van der Waals surface area contributed by atoms with Crippen molar-refractivity contribution in [1.29, 1.82) is 0 Å². The molecule has 6 nitrogen and oxygen atoms in total. The predicted molar refractivity (Wildman–Crippen MR) is 333 cm³/mol. The molecule has 0 aromatic carbocycles. The van der Waals surface area contributed by atoms with Crippen LogP contribution in [0.1, 0.15) is 373 Å². The Morgan fingerprint density at radius 3 is 1.07 bits per heavy atom. The molecule has 1 amide bonds. The zero-order chi connectivity index (χ0) is 55.0. The molecular formula is C70H133NO5. The minimum atomic E-state index is -0.661. The largest absolute Gasteiger partial charge is 0.466 e. The summed E-state index contributed by atoms with van der Waals surface area (Å²) in [5.41, 5.74) is 0. The number of hydrogen-bond donors (Lipinski definition) is 3. The maximum absolute atomic E-state index is 12.5. The summed E-state index contributed by atoms with van der Waals surface area (Å²) in [4.78, 5) is 24.5. The molecule has 0 bridgehead atoms. The van der Waals surface area contributed by atoms with E-state index in [-0.39, 0.29) is 18.5 Å². The molecule has 0 rings (SSSR count). The van der Waals surface area contributed by atoms with Crippen LogP contribution in [0.15, 0.2) is 36.5 Å². The first kappa shape index (κ1) is 74.1. The van der Waals surface area contributed by atoms with Gasteiger partial charge in [-0.25, -0.2) is 0 Å². The molecule has 3 N–H and O–H groups in total. The molecule has 2 atom stereocenters. The number of aliphatic hydroxyl groups excluding tert-OH is 2. The smallest absolute Gasteiger partial charge is 0.305 e. The van der Waals surface area contributed by atoms with Gasteiger partial charge in [-0.1, -0.05) is 320 Å². The highest BCUT2D eigenvalue weighted by Gasteiger charge is 2.20. The Morgan fingerprint density at radius 2 is 0.684 bits per heavy atom. The number of ether oxygens (including phenoxy) is 1. The lowest BCUT2D eigenvalue weighted by molar-refractivity contribution is -0.143. The molecule has 448 valence electrons. The first-order valence-corrected chi connectivity index (χ1v) is 34.2. The second-order valence-corrected chi connectivity index (χ2v) is 23.5. The fourth-order valence-electron chi connectivity index (χ4n) is 10.7. The number of carbonyl (C=O) groups is 2. The molecule has 2 unspecified atom stereocenters. The first-order valence-electron chi connectivity index (χ1n) is 34.2. The van der Waals surface area contributed by atoms with Crippen LogP contribution in [0.2, 0.25) is 0 Å². The van der Waals surface area contributed by atoms with Gasteiger partial charge in [0.05, 0.1) is 25.4 Å². The van der Waals surface area contributed by atoms with Crippen LogP contribution < -0.4 is 5.32 Å². The molecule has 76 heavy (non-hydrogen) atoms.